The summed E-state index contributed by atoms with van der Waals surface area (Å²) in [5, 5.41) is 1.25. The Morgan fingerprint density at radius 3 is 2.36 bits per heavy atom. The molecule has 2 aromatic heterocycles. The molecule has 0 saturated heterocycles. The zero-order chi connectivity index (χ0) is 27.7. The van der Waals surface area contributed by atoms with E-state index in [1.807, 2.05) is 34.9 Å². The second kappa shape index (κ2) is 11.2. The number of rotatable bonds is 8. The molecule has 5 rings (SSSR count). The molecule has 200 valence electrons. The Kier molecular flexibility index (Phi) is 7.78. The zero-order valence-corrected chi connectivity index (χ0v) is 23.3. The molecule has 0 bridgehead atoms. The van der Waals surface area contributed by atoms with Gasteiger partial charge in [0.25, 0.3) is 5.56 Å². The molecule has 0 spiro atoms. The van der Waals surface area contributed by atoms with Crippen LogP contribution in [0.5, 0.6) is 11.5 Å². The number of fused-ring (bicyclic) bond motifs is 1. The van der Waals surface area contributed by atoms with E-state index in [4.69, 9.17) is 37.7 Å². The number of allylic oxidation sites excluding steroid dienone is 1. The summed E-state index contributed by atoms with van der Waals surface area (Å²) in [4.78, 5) is 31.2. The molecule has 1 saturated carbocycles. The third-order valence-corrected chi connectivity index (χ3v) is 8.09. The maximum Gasteiger partial charge on any atom is 0.259 e. The van der Waals surface area contributed by atoms with Gasteiger partial charge in [0.05, 0.1) is 41.0 Å². The van der Waals surface area contributed by atoms with Crippen LogP contribution in [0, 0.1) is 0 Å². The number of ether oxygens (including phenoxy) is 2. The number of methoxy groups -OCH3 is 2. The number of benzene rings is 2. The van der Waals surface area contributed by atoms with E-state index in [0.717, 1.165) is 47.7 Å². The number of carbonyl (C=O) groups is 1. The first-order chi connectivity index (χ1) is 18.9. The van der Waals surface area contributed by atoms with E-state index in [1.165, 1.54) is 20.3 Å². The lowest BCUT2D eigenvalue weighted by Gasteiger charge is -2.21. The quantitative estimate of drug-likeness (QED) is 0.208. The van der Waals surface area contributed by atoms with Gasteiger partial charge in [0.2, 0.25) is 0 Å². The van der Waals surface area contributed by atoms with Crippen LogP contribution in [-0.2, 0) is 11.2 Å². The molecule has 0 atom stereocenters. The van der Waals surface area contributed by atoms with Crippen LogP contribution in [0.1, 0.15) is 37.3 Å². The van der Waals surface area contributed by atoms with Crippen LogP contribution in [0.2, 0.25) is 10.0 Å². The third kappa shape index (κ3) is 4.95. The summed E-state index contributed by atoms with van der Waals surface area (Å²) in [6.07, 6.45) is 7.18. The first-order valence-electron chi connectivity index (χ1n) is 12.8. The molecule has 0 amide bonds. The molecule has 2 aromatic carbocycles. The van der Waals surface area contributed by atoms with E-state index < -0.39 is 0 Å². The fraction of sp³-hybridized carbons (Fsp3) is 0.258. The summed E-state index contributed by atoms with van der Waals surface area (Å²) in [6.45, 7) is 3.59. The summed E-state index contributed by atoms with van der Waals surface area (Å²) in [5.74, 6) is 0.649. The van der Waals surface area contributed by atoms with Gasteiger partial charge in [-0.05, 0) is 36.6 Å². The molecule has 1 fully saturated rings. The predicted octanol–water partition coefficient (Wildman–Crippen LogP) is 7.47. The lowest BCUT2D eigenvalue weighted by molar-refractivity contribution is -0.114. The highest BCUT2D eigenvalue weighted by Crippen LogP contribution is 2.46. The maximum absolute atomic E-state index is 14.3. The molecule has 6 nitrogen and oxygen atoms in total. The summed E-state index contributed by atoms with van der Waals surface area (Å²) in [6, 6.07) is 13.0. The van der Waals surface area contributed by atoms with Crippen molar-refractivity contribution in [3.8, 4) is 33.9 Å². The number of nitrogens with zero attached hydrogens (tertiary/aromatic N) is 2. The lowest BCUT2D eigenvalue weighted by atomic mass is 9.98. The molecule has 0 aliphatic heterocycles. The van der Waals surface area contributed by atoms with Gasteiger partial charge in [0, 0.05) is 41.2 Å². The summed E-state index contributed by atoms with van der Waals surface area (Å²) in [5.41, 5.74) is 3.68. The van der Waals surface area contributed by atoms with E-state index in [0.29, 0.717) is 28.3 Å². The van der Waals surface area contributed by atoms with Gasteiger partial charge in [0.15, 0.2) is 5.78 Å². The van der Waals surface area contributed by atoms with Crippen LogP contribution in [0.4, 0.5) is 0 Å². The van der Waals surface area contributed by atoms with Crippen LogP contribution < -0.4 is 15.0 Å². The molecular formula is C31H28Cl2N2O4. The van der Waals surface area contributed by atoms with Crippen LogP contribution in [-0.4, -0.2) is 29.6 Å². The number of ketones is 1. The fourth-order valence-electron chi connectivity index (χ4n) is 5.39. The van der Waals surface area contributed by atoms with Crippen LogP contribution in [0.25, 0.3) is 33.3 Å². The van der Waals surface area contributed by atoms with E-state index in [-0.39, 0.29) is 33.9 Å². The van der Waals surface area contributed by atoms with Gasteiger partial charge >= 0.3 is 0 Å². The molecule has 8 heteroatoms. The van der Waals surface area contributed by atoms with Crippen molar-refractivity contribution in [3.05, 3.63) is 87.3 Å². The number of aromatic nitrogens is 2. The van der Waals surface area contributed by atoms with Crippen molar-refractivity contribution in [2.24, 2.45) is 0 Å². The summed E-state index contributed by atoms with van der Waals surface area (Å²) < 4.78 is 12.8. The van der Waals surface area contributed by atoms with Gasteiger partial charge in [-0.15, -0.1) is 0 Å². The molecular weight excluding hydrogens is 535 g/mol. The van der Waals surface area contributed by atoms with Crippen molar-refractivity contribution in [1.29, 1.82) is 0 Å². The van der Waals surface area contributed by atoms with Crippen molar-refractivity contribution in [2.45, 2.75) is 38.1 Å². The van der Waals surface area contributed by atoms with Crippen LogP contribution in [0.15, 0.2) is 66.1 Å². The first-order valence-corrected chi connectivity index (χ1v) is 13.5. The highest BCUT2D eigenvalue weighted by molar-refractivity contribution is 6.41. The van der Waals surface area contributed by atoms with Gasteiger partial charge in [-0.3, -0.25) is 14.6 Å². The Morgan fingerprint density at radius 1 is 1.05 bits per heavy atom. The number of carbonyl (C=O) groups excluding carboxylic acids is 1. The zero-order valence-electron chi connectivity index (χ0n) is 21.8. The predicted molar refractivity (Wildman–Crippen MR) is 156 cm³/mol. The van der Waals surface area contributed by atoms with Gasteiger partial charge < -0.3 is 14.0 Å². The Balaban J connectivity index is 1.78. The standard InChI is InChI=1S/C31H28Cl2N2O4/c1-4-21(36)13-18-9-5-8-12-22(18)24-15-25-19(17-34-24)14-23(31(37)35(25)20-10-6-7-11-20)28-29(32)26(38-2)16-27(39-3)30(28)33/h4-5,8-9,12,14-17,20H,1,6-7,10-11,13H2,2-3H3. The Morgan fingerprint density at radius 2 is 1.72 bits per heavy atom. The monoisotopic (exact) mass is 562 g/mol. The minimum atomic E-state index is -0.194. The third-order valence-electron chi connectivity index (χ3n) is 7.34. The molecule has 1 aliphatic carbocycles. The van der Waals surface area contributed by atoms with Crippen molar-refractivity contribution in [1.82, 2.24) is 9.55 Å². The topological polar surface area (TPSA) is 70.4 Å². The van der Waals surface area contributed by atoms with Crippen molar-refractivity contribution in [3.63, 3.8) is 0 Å². The second-order valence-electron chi connectivity index (χ2n) is 9.59. The molecule has 0 unspecified atom stereocenters. The normalized spacial score (nSPS) is 13.5. The Hall–Kier alpha value is -3.61. The number of halogens is 2. The maximum atomic E-state index is 14.3. The molecule has 0 radical (unpaired) electrons. The molecule has 1 aliphatic rings. The van der Waals surface area contributed by atoms with E-state index >= 15 is 0 Å². The minimum Gasteiger partial charge on any atom is -0.495 e. The number of hydrogen-bond donors (Lipinski definition) is 0. The molecule has 2 heterocycles. The number of pyridine rings is 2. The smallest absolute Gasteiger partial charge is 0.259 e. The van der Waals surface area contributed by atoms with Gasteiger partial charge in [-0.1, -0.05) is 66.9 Å². The average Bonchev–Trinajstić information content (AvgIpc) is 3.48. The SMILES string of the molecule is C=CC(=O)Cc1ccccc1-c1cc2c(cn1)cc(-c1c(Cl)c(OC)cc(OC)c1Cl)c(=O)n2C1CCCC1. The Bertz CT molecular complexity index is 1630. The van der Waals surface area contributed by atoms with Gasteiger partial charge in [0.1, 0.15) is 11.5 Å². The second-order valence-corrected chi connectivity index (χ2v) is 10.3. The largest absolute Gasteiger partial charge is 0.495 e. The van der Waals surface area contributed by atoms with Crippen LogP contribution in [0.3, 0.4) is 0 Å². The van der Waals surface area contributed by atoms with Gasteiger partial charge in [-0.25, -0.2) is 0 Å². The van der Waals surface area contributed by atoms with Crippen molar-refractivity contribution in [2.75, 3.05) is 14.2 Å². The molecule has 4 aromatic rings. The van der Waals surface area contributed by atoms with Crippen LogP contribution >= 0.6 is 23.2 Å². The average molecular weight is 563 g/mol. The van der Waals surface area contributed by atoms with E-state index in [1.54, 1.807) is 18.3 Å². The van der Waals surface area contributed by atoms with E-state index in [9.17, 15) is 9.59 Å². The Labute approximate surface area is 236 Å². The highest BCUT2D eigenvalue weighted by Gasteiger charge is 2.26. The first kappa shape index (κ1) is 27.0. The number of hydrogen-bond acceptors (Lipinski definition) is 5. The van der Waals surface area contributed by atoms with E-state index in [2.05, 4.69) is 6.58 Å². The van der Waals surface area contributed by atoms with Crippen molar-refractivity contribution < 1.29 is 14.3 Å². The highest BCUT2D eigenvalue weighted by atomic mass is 35.5. The van der Waals surface area contributed by atoms with Gasteiger partial charge in [-0.2, -0.15) is 0 Å². The summed E-state index contributed by atoms with van der Waals surface area (Å²) in [7, 11) is 3.00. The fourth-order valence-corrected chi connectivity index (χ4v) is 6.09. The molecule has 39 heavy (non-hydrogen) atoms. The lowest BCUT2D eigenvalue weighted by Crippen LogP contribution is -2.25. The molecule has 0 N–H and O–H groups in total. The van der Waals surface area contributed by atoms with Crippen molar-refractivity contribution >= 4 is 39.9 Å². The minimum absolute atomic E-state index is 0.0258. The summed E-state index contributed by atoms with van der Waals surface area (Å²) >= 11 is 13.5.